The monoisotopic (exact) mass is 290 g/mol. The Bertz CT molecular complexity index is 634. The third kappa shape index (κ3) is 2.82. The molecule has 1 aliphatic heterocycles. The van der Waals surface area contributed by atoms with Gasteiger partial charge >= 0.3 is 0 Å². The lowest BCUT2D eigenvalue weighted by atomic mass is 10.2. The number of primary amides is 1. The summed E-state index contributed by atoms with van der Waals surface area (Å²) in [6, 6.07) is 4.01. The van der Waals surface area contributed by atoms with Gasteiger partial charge in [0.05, 0.1) is 12.6 Å². The average Bonchev–Trinajstić information content (AvgIpc) is 3.18. The van der Waals surface area contributed by atoms with Crippen molar-refractivity contribution in [2.24, 2.45) is 5.73 Å². The van der Waals surface area contributed by atoms with E-state index in [0.717, 1.165) is 37.3 Å². The van der Waals surface area contributed by atoms with E-state index in [2.05, 4.69) is 22.0 Å². The molecule has 1 amide bonds. The van der Waals surface area contributed by atoms with Gasteiger partial charge in [0.1, 0.15) is 11.5 Å². The second kappa shape index (κ2) is 5.69. The standard InChI is InChI=1S/C14H18N4O3/c1-2-9-5-6-10(20-9)8-18-7-3-4-11(18)14-16-13(12(15)19)17-21-14/h5-6,11H,2-4,7-8H2,1H3,(H2,15,19)/t11-/m0/s1. The molecular formula is C14H18N4O3. The molecule has 1 saturated heterocycles. The smallest absolute Gasteiger partial charge is 0.290 e. The number of nitrogens with zero attached hydrogens (tertiary/aromatic N) is 3. The van der Waals surface area contributed by atoms with Gasteiger partial charge in [0.25, 0.3) is 11.7 Å². The summed E-state index contributed by atoms with van der Waals surface area (Å²) < 4.78 is 10.9. The van der Waals surface area contributed by atoms with Gasteiger partial charge in [-0.05, 0) is 31.5 Å². The fourth-order valence-corrected chi connectivity index (χ4v) is 2.66. The largest absolute Gasteiger partial charge is 0.465 e. The molecule has 0 aliphatic carbocycles. The van der Waals surface area contributed by atoms with Crippen LogP contribution in [-0.2, 0) is 13.0 Å². The summed E-state index contributed by atoms with van der Waals surface area (Å²) in [7, 11) is 0. The SMILES string of the molecule is CCc1ccc(CN2CCC[C@H]2c2nc(C(N)=O)no2)o1. The van der Waals surface area contributed by atoms with E-state index >= 15 is 0 Å². The maximum Gasteiger partial charge on any atom is 0.290 e. The van der Waals surface area contributed by atoms with Crippen molar-refractivity contribution in [2.45, 2.75) is 38.8 Å². The molecule has 1 aliphatic rings. The topological polar surface area (TPSA) is 98.4 Å². The van der Waals surface area contributed by atoms with Crippen LogP contribution in [0.15, 0.2) is 21.1 Å². The number of carbonyl (C=O) groups excluding carboxylic acids is 1. The third-order valence-electron chi connectivity index (χ3n) is 3.74. The molecule has 0 saturated carbocycles. The van der Waals surface area contributed by atoms with E-state index in [1.165, 1.54) is 0 Å². The van der Waals surface area contributed by atoms with Crippen LogP contribution in [0.5, 0.6) is 0 Å². The molecule has 1 atom stereocenters. The summed E-state index contributed by atoms with van der Waals surface area (Å²) in [5.74, 6) is 1.61. The van der Waals surface area contributed by atoms with Gasteiger partial charge in [0.2, 0.25) is 5.89 Å². The van der Waals surface area contributed by atoms with Crippen molar-refractivity contribution in [3.8, 4) is 0 Å². The van der Waals surface area contributed by atoms with E-state index in [1.54, 1.807) is 0 Å². The Labute approximate surface area is 122 Å². The van der Waals surface area contributed by atoms with Crippen molar-refractivity contribution >= 4 is 5.91 Å². The molecule has 2 N–H and O–H groups in total. The van der Waals surface area contributed by atoms with Crippen molar-refractivity contribution in [2.75, 3.05) is 6.54 Å². The van der Waals surface area contributed by atoms with Crippen LogP contribution in [-0.4, -0.2) is 27.5 Å². The Hall–Kier alpha value is -2.15. The quantitative estimate of drug-likeness (QED) is 0.899. The molecule has 2 aromatic rings. The predicted molar refractivity (Wildman–Crippen MR) is 73.3 cm³/mol. The number of rotatable bonds is 5. The first kappa shape index (κ1) is 13.8. The molecule has 2 aromatic heterocycles. The van der Waals surface area contributed by atoms with Crippen LogP contribution >= 0.6 is 0 Å². The van der Waals surface area contributed by atoms with Gasteiger partial charge in [-0.15, -0.1) is 0 Å². The second-order valence-corrected chi connectivity index (χ2v) is 5.17. The van der Waals surface area contributed by atoms with Crippen LogP contribution in [0.1, 0.15) is 53.8 Å². The molecule has 112 valence electrons. The highest BCUT2D eigenvalue weighted by molar-refractivity contribution is 5.88. The van der Waals surface area contributed by atoms with E-state index in [9.17, 15) is 4.79 Å². The zero-order chi connectivity index (χ0) is 14.8. The van der Waals surface area contributed by atoms with Crippen LogP contribution in [0, 0.1) is 0 Å². The van der Waals surface area contributed by atoms with Gasteiger partial charge in [0, 0.05) is 6.42 Å². The fourth-order valence-electron chi connectivity index (χ4n) is 2.66. The molecule has 1 fully saturated rings. The number of hydrogen-bond donors (Lipinski definition) is 1. The molecule has 3 rings (SSSR count). The van der Waals surface area contributed by atoms with Crippen molar-refractivity contribution in [3.63, 3.8) is 0 Å². The molecular weight excluding hydrogens is 272 g/mol. The molecule has 0 unspecified atom stereocenters. The van der Waals surface area contributed by atoms with Gasteiger partial charge in [0.15, 0.2) is 0 Å². The van der Waals surface area contributed by atoms with Crippen molar-refractivity contribution < 1.29 is 13.7 Å². The van der Waals surface area contributed by atoms with Gasteiger partial charge in [-0.1, -0.05) is 12.1 Å². The molecule has 21 heavy (non-hydrogen) atoms. The lowest BCUT2D eigenvalue weighted by Gasteiger charge is -2.19. The minimum Gasteiger partial charge on any atom is -0.465 e. The van der Waals surface area contributed by atoms with Gasteiger partial charge in [-0.2, -0.15) is 4.98 Å². The highest BCUT2D eigenvalue weighted by Gasteiger charge is 2.31. The Morgan fingerprint density at radius 2 is 2.29 bits per heavy atom. The molecule has 3 heterocycles. The van der Waals surface area contributed by atoms with E-state index in [4.69, 9.17) is 14.7 Å². The number of nitrogens with two attached hydrogens (primary N) is 1. The Morgan fingerprint density at radius 3 is 2.95 bits per heavy atom. The summed E-state index contributed by atoms with van der Waals surface area (Å²) in [5, 5.41) is 3.61. The third-order valence-corrected chi connectivity index (χ3v) is 3.74. The summed E-state index contributed by atoms with van der Waals surface area (Å²) >= 11 is 0. The molecule has 0 radical (unpaired) electrons. The lowest BCUT2D eigenvalue weighted by molar-refractivity contribution is 0.0987. The number of amides is 1. The summed E-state index contributed by atoms with van der Waals surface area (Å²) in [6.45, 7) is 3.69. The lowest BCUT2D eigenvalue weighted by Crippen LogP contribution is -2.23. The minimum atomic E-state index is -0.673. The number of aryl methyl sites for hydroxylation is 1. The average molecular weight is 290 g/mol. The first-order valence-electron chi connectivity index (χ1n) is 7.12. The van der Waals surface area contributed by atoms with Crippen molar-refractivity contribution in [1.29, 1.82) is 0 Å². The Morgan fingerprint density at radius 1 is 1.48 bits per heavy atom. The normalized spacial score (nSPS) is 19.2. The maximum atomic E-state index is 11.0. The van der Waals surface area contributed by atoms with Gasteiger partial charge < -0.3 is 14.7 Å². The van der Waals surface area contributed by atoms with Gasteiger partial charge in [-0.3, -0.25) is 9.69 Å². The molecule has 7 heteroatoms. The number of furan rings is 1. The molecule has 0 aromatic carbocycles. The summed E-state index contributed by atoms with van der Waals surface area (Å²) in [4.78, 5) is 17.3. The highest BCUT2D eigenvalue weighted by atomic mass is 16.5. The van der Waals surface area contributed by atoms with E-state index in [0.29, 0.717) is 12.4 Å². The number of likely N-dealkylation sites (tertiary alicyclic amines) is 1. The summed E-state index contributed by atoms with van der Waals surface area (Å²) in [5.41, 5.74) is 5.15. The van der Waals surface area contributed by atoms with Crippen molar-refractivity contribution in [1.82, 2.24) is 15.0 Å². The van der Waals surface area contributed by atoms with E-state index in [-0.39, 0.29) is 11.9 Å². The fraction of sp³-hybridized carbons (Fsp3) is 0.500. The van der Waals surface area contributed by atoms with Crippen LogP contribution in [0.3, 0.4) is 0 Å². The van der Waals surface area contributed by atoms with Crippen LogP contribution in [0.25, 0.3) is 0 Å². The van der Waals surface area contributed by atoms with Crippen LogP contribution in [0.4, 0.5) is 0 Å². The number of carbonyl (C=O) groups is 1. The molecule has 0 bridgehead atoms. The van der Waals surface area contributed by atoms with E-state index in [1.807, 2.05) is 12.1 Å². The van der Waals surface area contributed by atoms with E-state index < -0.39 is 5.91 Å². The molecule has 7 nitrogen and oxygen atoms in total. The first-order valence-corrected chi connectivity index (χ1v) is 7.12. The number of hydrogen-bond acceptors (Lipinski definition) is 6. The highest BCUT2D eigenvalue weighted by Crippen LogP contribution is 2.32. The predicted octanol–water partition coefficient (Wildman–Crippen LogP) is 1.66. The maximum absolute atomic E-state index is 11.0. The molecule has 0 spiro atoms. The van der Waals surface area contributed by atoms with Gasteiger partial charge in [-0.25, -0.2) is 0 Å². The Balaban J connectivity index is 1.73. The zero-order valence-electron chi connectivity index (χ0n) is 11.9. The second-order valence-electron chi connectivity index (χ2n) is 5.17. The minimum absolute atomic E-state index is 0.0146. The first-order chi connectivity index (χ1) is 10.2. The van der Waals surface area contributed by atoms with Crippen molar-refractivity contribution in [3.05, 3.63) is 35.4 Å². The summed E-state index contributed by atoms with van der Waals surface area (Å²) in [6.07, 6.45) is 2.84. The van der Waals surface area contributed by atoms with Crippen LogP contribution in [0.2, 0.25) is 0 Å². The van der Waals surface area contributed by atoms with Crippen LogP contribution < -0.4 is 5.73 Å². The number of aromatic nitrogens is 2. The Kier molecular flexibility index (Phi) is 3.74. The zero-order valence-corrected chi connectivity index (χ0v) is 11.9.